The first-order valence-electron chi connectivity index (χ1n) is 10.6. The van der Waals surface area contributed by atoms with E-state index in [4.69, 9.17) is 24.4 Å². The lowest BCUT2D eigenvalue weighted by Gasteiger charge is -2.12. The lowest BCUT2D eigenvalue weighted by molar-refractivity contribution is -0.154. The second kappa shape index (κ2) is 11.6. The highest BCUT2D eigenvalue weighted by Gasteiger charge is 2.25. The Balaban J connectivity index is 1.75. The van der Waals surface area contributed by atoms with Crippen LogP contribution in [0.15, 0.2) is 78.9 Å². The molecule has 176 valence electrons. The molecule has 7 heteroatoms. The van der Waals surface area contributed by atoms with Crippen LogP contribution in [-0.2, 0) is 16.0 Å². The minimum absolute atomic E-state index is 0.0933. The third-order valence-corrected chi connectivity index (χ3v) is 5.30. The number of aliphatic carboxylic acids is 2. The molecule has 0 radical (unpaired) electrons. The van der Waals surface area contributed by atoms with Gasteiger partial charge in [0.05, 0.1) is 14.2 Å². The SMILES string of the molecule is COc1ccc(C(=CCOc2ccc(CC(C(=O)O)C(=O)O)cc2)c2ccc(OC)cc2)cc1. The van der Waals surface area contributed by atoms with Crippen molar-refractivity contribution in [3.8, 4) is 17.2 Å². The highest BCUT2D eigenvalue weighted by molar-refractivity contribution is 5.93. The molecule has 0 atom stereocenters. The second-order valence-electron chi connectivity index (χ2n) is 7.46. The number of carbonyl (C=O) groups is 2. The first-order valence-corrected chi connectivity index (χ1v) is 10.6. The van der Waals surface area contributed by atoms with E-state index >= 15 is 0 Å². The van der Waals surface area contributed by atoms with Crippen molar-refractivity contribution >= 4 is 17.5 Å². The van der Waals surface area contributed by atoms with Gasteiger partial charge in [0, 0.05) is 0 Å². The van der Waals surface area contributed by atoms with Crippen molar-refractivity contribution in [2.45, 2.75) is 6.42 Å². The number of ether oxygens (including phenoxy) is 3. The number of hydrogen-bond acceptors (Lipinski definition) is 5. The van der Waals surface area contributed by atoms with Gasteiger partial charge in [0.15, 0.2) is 5.92 Å². The third kappa shape index (κ3) is 6.38. The van der Waals surface area contributed by atoms with Crippen LogP contribution in [0.5, 0.6) is 17.2 Å². The number of carboxylic acid groups (broad SMARTS) is 2. The van der Waals surface area contributed by atoms with Crippen molar-refractivity contribution in [1.29, 1.82) is 0 Å². The lowest BCUT2D eigenvalue weighted by Crippen LogP contribution is -2.25. The summed E-state index contributed by atoms with van der Waals surface area (Å²) in [5, 5.41) is 18.1. The first-order chi connectivity index (χ1) is 16.4. The monoisotopic (exact) mass is 462 g/mol. The summed E-state index contributed by atoms with van der Waals surface area (Å²) in [7, 11) is 3.25. The van der Waals surface area contributed by atoms with Crippen molar-refractivity contribution in [3.05, 3.63) is 95.6 Å². The molecule has 0 aromatic heterocycles. The summed E-state index contributed by atoms with van der Waals surface area (Å²) in [5.41, 5.74) is 3.58. The van der Waals surface area contributed by atoms with Crippen molar-refractivity contribution in [3.63, 3.8) is 0 Å². The lowest BCUT2D eigenvalue weighted by atomic mass is 9.97. The molecular weight excluding hydrogens is 436 g/mol. The summed E-state index contributed by atoms with van der Waals surface area (Å²) in [6, 6.07) is 22.2. The fourth-order valence-electron chi connectivity index (χ4n) is 3.40. The van der Waals surface area contributed by atoms with Crippen molar-refractivity contribution < 1.29 is 34.0 Å². The smallest absolute Gasteiger partial charge is 0.318 e. The molecule has 0 saturated heterocycles. The maximum Gasteiger partial charge on any atom is 0.318 e. The van der Waals surface area contributed by atoms with Crippen LogP contribution in [0.4, 0.5) is 0 Å². The summed E-state index contributed by atoms with van der Waals surface area (Å²) in [5.74, 6) is -2.08. The summed E-state index contributed by atoms with van der Waals surface area (Å²) in [6.45, 7) is 0.291. The number of rotatable bonds is 11. The van der Waals surface area contributed by atoms with Gasteiger partial charge in [-0.2, -0.15) is 0 Å². The van der Waals surface area contributed by atoms with E-state index in [0.29, 0.717) is 17.9 Å². The van der Waals surface area contributed by atoms with Crippen LogP contribution in [0, 0.1) is 5.92 Å². The van der Waals surface area contributed by atoms with Crippen molar-refractivity contribution in [2.24, 2.45) is 5.92 Å². The number of methoxy groups -OCH3 is 2. The first kappa shape index (κ1) is 24.4. The van der Waals surface area contributed by atoms with Crippen LogP contribution in [0.2, 0.25) is 0 Å². The largest absolute Gasteiger partial charge is 0.497 e. The Bertz CT molecular complexity index is 1070. The van der Waals surface area contributed by atoms with Crippen LogP contribution in [0.1, 0.15) is 16.7 Å². The van der Waals surface area contributed by atoms with Crippen molar-refractivity contribution in [2.75, 3.05) is 20.8 Å². The Hall–Kier alpha value is -4.26. The molecule has 0 amide bonds. The quantitative estimate of drug-likeness (QED) is 0.403. The van der Waals surface area contributed by atoms with Crippen LogP contribution >= 0.6 is 0 Å². The maximum atomic E-state index is 11.1. The van der Waals surface area contributed by atoms with Gasteiger partial charge in [-0.3, -0.25) is 9.59 Å². The Morgan fingerprint density at radius 1 is 0.735 bits per heavy atom. The second-order valence-corrected chi connectivity index (χ2v) is 7.46. The van der Waals surface area contributed by atoms with Gasteiger partial charge < -0.3 is 24.4 Å². The van der Waals surface area contributed by atoms with Gasteiger partial charge in [0.25, 0.3) is 0 Å². The van der Waals surface area contributed by atoms with E-state index < -0.39 is 17.9 Å². The standard InChI is InChI=1S/C27H26O7/c1-32-21-11-5-19(6-12-21)24(20-7-13-22(33-2)14-8-20)15-16-34-23-9-3-18(4-10-23)17-25(26(28)29)27(30)31/h3-15,25H,16-17H2,1-2H3,(H,28,29)(H,30,31). The Morgan fingerprint density at radius 3 is 1.59 bits per heavy atom. The molecule has 0 bridgehead atoms. The van der Waals surface area contributed by atoms with Gasteiger partial charge in [-0.25, -0.2) is 0 Å². The normalized spacial score (nSPS) is 10.4. The number of benzene rings is 3. The minimum atomic E-state index is -1.48. The summed E-state index contributed by atoms with van der Waals surface area (Å²) in [6.07, 6.45) is 1.88. The summed E-state index contributed by atoms with van der Waals surface area (Å²) in [4.78, 5) is 22.2. The van der Waals surface area contributed by atoms with Gasteiger partial charge in [-0.15, -0.1) is 0 Å². The van der Waals surface area contributed by atoms with Gasteiger partial charge in [0.2, 0.25) is 0 Å². The zero-order chi connectivity index (χ0) is 24.5. The maximum absolute atomic E-state index is 11.1. The topological polar surface area (TPSA) is 102 Å². The summed E-state index contributed by atoms with van der Waals surface area (Å²) < 4.78 is 16.4. The molecule has 3 rings (SSSR count). The predicted octanol–water partition coefficient (Wildman–Crippen LogP) is 4.54. The van der Waals surface area contributed by atoms with Gasteiger partial charge in [0.1, 0.15) is 23.9 Å². The molecule has 0 saturated carbocycles. The molecule has 2 N–H and O–H groups in total. The van der Waals surface area contributed by atoms with Crippen LogP contribution < -0.4 is 14.2 Å². The third-order valence-electron chi connectivity index (χ3n) is 5.30. The average Bonchev–Trinajstić information content (AvgIpc) is 2.86. The molecule has 0 aliphatic rings. The van der Waals surface area contributed by atoms with E-state index in [1.165, 1.54) is 0 Å². The van der Waals surface area contributed by atoms with E-state index in [1.807, 2.05) is 54.6 Å². The van der Waals surface area contributed by atoms with E-state index in [1.54, 1.807) is 38.5 Å². The highest BCUT2D eigenvalue weighted by Crippen LogP contribution is 2.27. The molecule has 0 fully saturated rings. The molecule has 34 heavy (non-hydrogen) atoms. The highest BCUT2D eigenvalue weighted by atomic mass is 16.5. The van der Waals surface area contributed by atoms with E-state index in [2.05, 4.69) is 0 Å². The Kier molecular flexibility index (Phi) is 8.29. The molecule has 0 aliphatic heterocycles. The number of hydrogen-bond donors (Lipinski definition) is 2. The van der Waals surface area contributed by atoms with Gasteiger partial charge in [-0.05, 0) is 71.2 Å². The average molecular weight is 462 g/mol. The Labute approximate surface area is 197 Å². The molecule has 3 aromatic carbocycles. The molecule has 0 spiro atoms. The minimum Gasteiger partial charge on any atom is -0.497 e. The predicted molar refractivity (Wildman–Crippen MR) is 127 cm³/mol. The fourth-order valence-corrected chi connectivity index (χ4v) is 3.40. The van der Waals surface area contributed by atoms with Crippen LogP contribution in [0.3, 0.4) is 0 Å². The molecule has 0 aliphatic carbocycles. The van der Waals surface area contributed by atoms with Crippen LogP contribution in [-0.4, -0.2) is 43.0 Å². The van der Waals surface area contributed by atoms with Crippen molar-refractivity contribution in [1.82, 2.24) is 0 Å². The van der Waals surface area contributed by atoms with E-state index in [9.17, 15) is 9.59 Å². The molecule has 7 nitrogen and oxygen atoms in total. The summed E-state index contributed by atoms with van der Waals surface area (Å²) >= 11 is 0. The Morgan fingerprint density at radius 2 is 1.18 bits per heavy atom. The van der Waals surface area contributed by atoms with Gasteiger partial charge >= 0.3 is 11.9 Å². The zero-order valence-corrected chi connectivity index (χ0v) is 18.9. The fraction of sp³-hybridized carbons (Fsp3) is 0.185. The molecular formula is C27H26O7. The number of carboxylic acids is 2. The molecule has 0 heterocycles. The molecule has 0 unspecified atom stereocenters. The molecule has 3 aromatic rings. The van der Waals surface area contributed by atoms with Crippen LogP contribution in [0.25, 0.3) is 5.57 Å². The van der Waals surface area contributed by atoms with E-state index in [0.717, 1.165) is 28.2 Å². The van der Waals surface area contributed by atoms with Gasteiger partial charge in [-0.1, -0.05) is 36.4 Å². The van der Waals surface area contributed by atoms with E-state index in [-0.39, 0.29) is 6.42 Å². The zero-order valence-electron chi connectivity index (χ0n) is 18.9.